The molecule has 0 aromatic heterocycles. The summed E-state index contributed by atoms with van der Waals surface area (Å²) in [6, 6.07) is 6.59. The minimum absolute atomic E-state index is 0.643. The SMILES string of the molecule is CNCCc1ccc(Cl)c(C2CCCC(CNC)C2)c1. The molecule has 2 unspecified atom stereocenters. The van der Waals surface area contributed by atoms with Crippen LogP contribution in [-0.4, -0.2) is 27.2 Å². The molecule has 0 spiro atoms. The molecule has 2 N–H and O–H groups in total. The second-order valence-corrected chi connectivity index (χ2v) is 6.40. The molecule has 1 aromatic rings. The van der Waals surface area contributed by atoms with Crippen LogP contribution < -0.4 is 10.6 Å². The van der Waals surface area contributed by atoms with Crippen LogP contribution >= 0.6 is 11.6 Å². The Morgan fingerprint density at radius 2 is 2.05 bits per heavy atom. The van der Waals surface area contributed by atoms with Crippen molar-refractivity contribution >= 4 is 11.6 Å². The van der Waals surface area contributed by atoms with Crippen LogP contribution in [0.25, 0.3) is 0 Å². The van der Waals surface area contributed by atoms with E-state index in [1.165, 1.54) is 36.8 Å². The molecule has 112 valence electrons. The summed E-state index contributed by atoms with van der Waals surface area (Å²) in [5.41, 5.74) is 2.77. The van der Waals surface area contributed by atoms with Crippen LogP contribution in [0, 0.1) is 5.92 Å². The van der Waals surface area contributed by atoms with Gasteiger partial charge >= 0.3 is 0 Å². The summed E-state index contributed by atoms with van der Waals surface area (Å²) in [4.78, 5) is 0. The maximum absolute atomic E-state index is 6.46. The fourth-order valence-corrected chi connectivity index (χ4v) is 3.65. The molecule has 0 heterocycles. The molecule has 0 radical (unpaired) electrons. The molecular formula is C17H27ClN2. The van der Waals surface area contributed by atoms with Gasteiger partial charge in [0.15, 0.2) is 0 Å². The number of hydrogen-bond donors (Lipinski definition) is 2. The zero-order valence-corrected chi connectivity index (χ0v) is 13.5. The first kappa shape index (κ1) is 15.8. The molecular weight excluding hydrogens is 268 g/mol. The van der Waals surface area contributed by atoms with Crippen LogP contribution in [0.15, 0.2) is 18.2 Å². The van der Waals surface area contributed by atoms with Gasteiger partial charge < -0.3 is 10.6 Å². The highest BCUT2D eigenvalue weighted by molar-refractivity contribution is 6.31. The maximum Gasteiger partial charge on any atom is 0.0441 e. The maximum atomic E-state index is 6.46. The van der Waals surface area contributed by atoms with E-state index in [-0.39, 0.29) is 0 Å². The van der Waals surface area contributed by atoms with Crippen molar-refractivity contribution in [2.24, 2.45) is 5.92 Å². The molecule has 0 saturated heterocycles. The molecule has 0 bridgehead atoms. The largest absolute Gasteiger partial charge is 0.319 e. The van der Waals surface area contributed by atoms with Gasteiger partial charge in [-0.3, -0.25) is 0 Å². The molecule has 0 amide bonds. The second kappa shape index (κ2) is 8.02. The molecule has 1 aromatic carbocycles. The van der Waals surface area contributed by atoms with Gasteiger partial charge in [-0.05, 0) is 81.9 Å². The van der Waals surface area contributed by atoms with Crippen molar-refractivity contribution < 1.29 is 0 Å². The first-order valence-electron chi connectivity index (χ1n) is 7.82. The van der Waals surface area contributed by atoms with E-state index in [1.54, 1.807) is 0 Å². The Labute approximate surface area is 128 Å². The lowest BCUT2D eigenvalue weighted by Crippen LogP contribution is -2.24. The van der Waals surface area contributed by atoms with Gasteiger partial charge in [0.2, 0.25) is 0 Å². The van der Waals surface area contributed by atoms with Crippen LogP contribution in [0.5, 0.6) is 0 Å². The third-order valence-electron chi connectivity index (χ3n) is 4.44. The topological polar surface area (TPSA) is 24.1 Å². The zero-order valence-electron chi connectivity index (χ0n) is 12.7. The predicted octanol–water partition coefficient (Wildman–Crippen LogP) is 3.60. The van der Waals surface area contributed by atoms with E-state index in [1.807, 2.05) is 7.05 Å². The predicted molar refractivity (Wildman–Crippen MR) is 87.7 cm³/mol. The molecule has 20 heavy (non-hydrogen) atoms. The molecule has 2 nitrogen and oxygen atoms in total. The molecule has 2 atom stereocenters. The van der Waals surface area contributed by atoms with E-state index in [9.17, 15) is 0 Å². The number of hydrogen-bond acceptors (Lipinski definition) is 2. The highest BCUT2D eigenvalue weighted by atomic mass is 35.5. The van der Waals surface area contributed by atoms with E-state index in [2.05, 4.69) is 35.9 Å². The monoisotopic (exact) mass is 294 g/mol. The lowest BCUT2D eigenvalue weighted by Gasteiger charge is -2.30. The van der Waals surface area contributed by atoms with Crippen molar-refractivity contribution in [1.82, 2.24) is 10.6 Å². The average molecular weight is 295 g/mol. The Hall–Kier alpha value is -0.570. The first-order valence-corrected chi connectivity index (χ1v) is 8.20. The van der Waals surface area contributed by atoms with Crippen molar-refractivity contribution in [2.75, 3.05) is 27.2 Å². The number of benzene rings is 1. The van der Waals surface area contributed by atoms with Crippen LogP contribution in [-0.2, 0) is 6.42 Å². The summed E-state index contributed by atoms with van der Waals surface area (Å²) in [5.74, 6) is 1.44. The second-order valence-electron chi connectivity index (χ2n) is 6.00. The van der Waals surface area contributed by atoms with Crippen molar-refractivity contribution in [3.05, 3.63) is 34.3 Å². The Morgan fingerprint density at radius 3 is 2.80 bits per heavy atom. The fourth-order valence-electron chi connectivity index (χ4n) is 3.38. The number of rotatable bonds is 6. The van der Waals surface area contributed by atoms with Gasteiger partial charge in [-0.25, -0.2) is 0 Å². The highest BCUT2D eigenvalue weighted by Crippen LogP contribution is 2.39. The van der Waals surface area contributed by atoms with E-state index in [0.29, 0.717) is 5.92 Å². The molecule has 1 aliphatic rings. The van der Waals surface area contributed by atoms with Gasteiger partial charge in [-0.15, -0.1) is 0 Å². The molecule has 1 aliphatic carbocycles. The van der Waals surface area contributed by atoms with Gasteiger partial charge in [0.25, 0.3) is 0 Å². The third kappa shape index (κ3) is 4.21. The minimum atomic E-state index is 0.643. The summed E-state index contributed by atoms with van der Waals surface area (Å²) in [6.45, 7) is 2.15. The summed E-state index contributed by atoms with van der Waals surface area (Å²) in [7, 11) is 4.05. The highest BCUT2D eigenvalue weighted by Gasteiger charge is 2.24. The summed E-state index contributed by atoms with van der Waals surface area (Å²) >= 11 is 6.46. The zero-order chi connectivity index (χ0) is 14.4. The lowest BCUT2D eigenvalue weighted by molar-refractivity contribution is 0.316. The quantitative estimate of drug-likeness (QED) is 0.838. The normalized spacial score (nSPS) is 22.9. The van der Waals surface area contributed by atoms with Gasteiger partial charge in [0.1, 0.15) is 0 Å². The van der Waals surface area contributed by atoms with Gasteiger partial charge in [0, 0.05) is 5.02 Å². The Balaban J connectivity index is 2.09. The summed E-state index contributed by atoms with van der Waals surface area (Å²) < 4.78 is 0. The van der Waals surface area contributed by atoms with Crippen LogP contribution in [0.4, 0.5) is 0 Å². The van der Waals surface area contributed by atoms with Gasteiger partial charge in [-0.2, -0.15) is 0 Å². The molecule has 2 rings (SSSR count). The van der Waals surface area contributed by atoms with Crippen molar-refractivity contribution in [1.29, 1.82) is 0 Å². The van der Waals surface area contributed by atoms with Crippen LogP contribution in [0.3, 0.4) is 0 Å². The van der Waals surface area contributed by atoms with Gasteiger partial charge in [0.05, 0.1) is 0 Å². The molecule has 1 saturated carbocycles. The van der Waals surface area contributed by atoms with Crippen LogP contribution in [0.2, 0.25) is 5.02 Å². The molecule has 1 fully saturated rings. The average Bonchev–Trinajstić information content (AvgIpc) is 2.47. The summed E-state index contributed by atoms with van der Waals surface area (Å²) in [5, 5.41) is 7.49. The standard InChI is InChI=1S/C17H27ClN2/c1-19-9-8-13-6-7-17(18)16(11-13)15-5-3-4-14(10-15)12-20-2/h6-7,11,14-15,19-20H,3-5,8-10,12H2,1-2H3. The van der Waals surface area contributed by atoms with Crippen molar-refractivity contribution in [3.63, 3.8) is 0 Å². The third-order valence-corrected chi connectivity index (χ3v) is 4.78. The van der Waals surface area contributed by atoms with E-state index in [0.717, 1.165) is 30.5 Å². The number of halogens is 1. The number of nitrogens with one attached hydrogen (secondary N) is 2. The Morgan fingerprint density at radius 1 is 1.20 bits per heavy atom. The van der Waals surface area contributed by atoms with E-state index >= 15 is 0 Å². The van der Waals surface area contributed by atoms with E-state index in [4.69, 9.17) is 11.6 Å². The van der Waals surface area contributed by atoms with Crippen molar-refractivity contribution in [2.45, 2.75) is 38.0 Å². The number of likely N-dealkylation sites (N-methyl/N-ethyl adjacent to an activating group) is 1. The molecule has 0 aliphatic heterocycles. The lowest BCUT2D eigenvalue weighted by atomic mass is 9.77. The Bertz CT molecular complexity index is 417. The summed E-state index contributed by atoms with van der Waals surface area (Å²) in [6.07, 6.45) is 6.32. The van der Waals surface area contributed by atoms with Crippen LogP contribution in [0.1, 0.15) is 42.7 Å². The van der Waals surface area contributed by atoms with Crippen molar-refractivity contribution in [3.8, 4) is 0 Å². The van der Waals surface area contributed by atoms with Gasteiger partial charge in [-0.1, -0.05) is 30.2 Å². The van der Waals surface area contributed by atoms with E-state index < -0.39 is 0 Å². The first-order chi connectivity index (χ1) is 9.74. The minimum Gasteiger partial charge on any atom is -0.319 e. The smallest absolute Gasteiger partial charge is 0.0441 e. The fraction of sp³-hybridized carbons (Fsp3) is 0.647. The Kier molecular flexibility index (Phi) is 6.34. The molecule has 3 heteroatoms.